The van der Waals surface area contributed by atoms with Crippen LogP contribution in [0.3, 0.4) is 0 Å². The third-order valence-electron chi connectivity index (χ3n) is 4.31. The van der Waals surface area contributed by atoms with Gasteiger partial charge in [-0.3, -0.25) is 9.78 Å². The maximum Gasteiger partial charge on any atom is 0.416 e. The van der Waals surface area contributed by atoms with Gasteiger partial charge in [0.1, 0.15) is 5.75 Å². The number of hydrogen-bond donors (Lipinski definition) is 1. The zero-order valence-electron chi connectivity index (χ0n) is 14.4. The summed E-state index contributed by atoms with van der Waals surface area (Å²) in [5.41, 5.74) is -0.986. The van der Waals surface area contributed by atoms with E-state index in [1.807, 2.05) is 0 Å². The lowest BCUT2D eigenvalue weighted by Crippen LogP contribution is -2.42. The van der Waals surface area contributed by atoms with E-state index in [1.165, 1.54) is 32.5 Å². The Labute approximate surface area is 144 Å². The van der Waals surface area contributed by atoms with Gasteiger partial charge < -0.3 is 10.1 Å². The molecule has 0 spiro atoms. The van der Waals surface area contributed by atoms with E-state index in [-0.39, 0.29) is 5.70 Å². The number of alkyl halides is 3. The molecule has 2 rings (SSSR count). The van der Waals surface area contributed by atoms with Crippen LogP contribution >= 0.6 is 0 Å². The molecule has 7 heteroatoms. The molecule has 1 unspecified atom stereocenters. The summed E-state index contributed by atoms with van der Waals surface area (Å²) >= 11 is 0. The van der Waals surface area contributed by atoms with E-state index < -0.39 is 23.1 Å². The van der Waals surface area contributed by atoms with Crippen molar-refractivity contribution in [2.45, 2.75) is 32.4 Å². The lowest BCUT2D eigenvalue weighted by molar-refractivity contribution is -0.124. The van der Waals surface area contributed by atoms with Crippen molar-refractivity contribution in [2.75, 3.05) is 7.11 Å². The van der Waals surface area contributed by atoms with E-state index in [4.69, 9.17) is 4.74 Å². The highest BCUT2D eigenvalue weighted by Crippen LogP contribution is 2.39. The second-order valence-corrected chi connectivity index (χ2v) is 5.95. The fourth-order valence-electron chi connectivity index (χ4n) is 2.65. The van der Waals surface area contributed by atoms with Crippen LogP contribution < -0.4 is 10.1 Å². The summed E-state index contributed by atoms with van der Waals surface area (Å²) in [6.45, 7) is 4.68. The van der Waals surface area contributed by atoms with Crippen molar-refractivity contribution < 1.29 is 22.7 Å². The number of methoxy groups -OCH3 is 1. The molecular formula is C18H19F3N2O2. The van der Waals surface area contributed by atoms with Gasteiger partial charge in [0.25, 0.3) is 0 Å². The highest BCUT2D eigenvalue weighted by atomic mass is 19.4. The number of ether oxygens (including phenoxy) is 1. The molecule has 1 amide bonds. The Kier molecular flexibility index (Phi) is 5.06. The number of nitrogens with one attached hydrogen (secondary N) is 1. The zero-order chi connectivity index (χ0) is 18.8. The van der Waals surface area contributed by atoms with Crippen LogP contribution in [0.5, 0.6) is 5.75 Å². The van der Waals surface area contributed by atoms with Gasteiger partial charge in [-0.25, -0.2) is 0 Å². The molecule has 25 heavy (non-hydrogen) atoms. The molecule has 1 aromatic heterocycles. The van der Waals surface area contributed by atoms with Crippen LogP contribution in [-0.2, 0) is 10.2 Å². The number of carbonyl (C=O) groups is 1. The van der Waals surface area contributed by atoms with Gasteiger partial charge in [-0.2, -0.15) is 13.2 Å². The number of hydrogen-bond acceptors (Lipinski definition) is 3. The Hall–Kier alpha value is -2.57. The normalized spacial score (nSPS) is 28.1. The maximum atomic E-state index is 13.1. The van der Waals surface area contributed by atoms with Gasteiger partial charge in [0, 0.05) is 17.5 Å². The SMILES string of the molecule is COc1cnccc1C1(C)C(=O)N/C(C)=C/C(C(F)(F)F)=C\C=C\1C. The Morgan fingerprint density at radius 2 is 1.92 bits per heavy atom. The second kappa shape index (κ2) is 6.74. The summed E-state index contributed by atoms with van der Waals surface area (Å²) < 4.78 is 44.7. The van der Waals surface area contributed by atoms with Crippen molar-refractivity contribution in [2.24, 2.45) is 0 Å². The summed E-state index contributed by atoms with van der Waals surface area (Å²) in [5, 5.41) is 2.56. The highest BCUT2D eigenvalue weighted by Gasteiger charge is 2.40. The van der Waals surface area contributed by atoms with Crippen LogP contribution in [0.2, 0.25) is 0 Å². The molecule has 0 saturated carbocycles. The average Bonchev–Trinajstić information content (AvgIpc) is 2.59. The fourth-order valence-corrected chi connectivity index (χ4v) is 2.65. The van der Waals surface area contributed by atoms with Crippen LogP contribution in [0.4, 0.5) is 13.2 Å². The number of rotatable bonds is 2. The number of nitrogens with zero attached hydrogens (tertiary/aromatic N) is 1. The molecule has 2 heterocycles. The van der Waals surface area contributed by atoms with E-state index >= 15 is 0 Å². The summed E-state index contributed by atoms with van der Waals surface area (Å²) in [6, 6.07) is 1.63. The van der Waals surface area contributed by atoms with E-state index in [0.29, 0.717) is 16.9 Å². The Bertz CT molecular complexity index is 779. The topological polar surface area (TPSA) is 51.2 Å². The first-order valence-electron chi connectivity index (χ1n) is 7.55. The predicted molar refractivity (Wildman–Crippen MR) is 87.9 cm³/mol. The van der Waals surface area contributed by atoms with E-state index in [2.05, 4.69) is 10.3 Å². The van der Waals surface area contributed by atoms with Crippen LogP contribution in [0, 0.1) is 0 Å². The first-order valence-corrected chi connectivity index (χ1v) is 7.55. The first kappa shape index (κ1) is 18.8. The quantitative estimate of drug-likeness (QED) is 0.880. The van der Waals surface area contributed by atoms with Gasteiger partial charge in [0.2, 0.25) is 5.91 Å². The number of allylic oxidation sites excluding steroid dienone is 5. The van der Waals surface area contributed by atoms with Gasteiger partial charge in [0.15, 0.2) is 0 Å². The molecule has 0 saturated heterocycles. The van der Waals surface area contributed by atoms with Crippen LogP contribution in [-0.4, -0.2) is 24.2 Å². The molecule has 134 valence electrons. The maximum absolute atomic E-state index is 13.1. The Morgan fingerprint density at radius 3 is 2.52 bits per heavy atom. The molecule has 1 aliphatic rings. The Morgan fingerprint density at radius 1 is 1.24 bits per heavy atom. The molecule has 0 radical (unpaired) electrons. The summed E-state index contributed by atoms with van der Waals surface area (Å²) in [5.74, 6) is -0.0647. The smallest absolute Gasteiger partial charge is 0.416 e. The van der Waals surface area contributed by atoms with E-state index in [1.54, 1.807) is 19.9 Å². The Balaban J connectivity index is 2.70. The van der Waals surface area contributed by atoms with Crippen molar-refractivity contribution in [3.05, 3.63) is 59.1 Å². The van der Waals surface area contributed by atoms with E-state index in [9.17, 15) is 18.0 Å². The van der Waals surface area contributed by atoms with E-state index in [0.717, 1.165) is 12.2 Å². The number of amides is 1. The first-order chi connectivity index (χ1) is 11.6. The minimum Gasteiger partial charge on any atom is -0.495 e. The highest BCUT2D eigenvalue weighted by molar-refractivity contribution is 5.93. The molecule has 1 N–H and O–H groups in total. The molecule has 0 fully saturated rings. The van der Waals surface area contributed by atoms with Gasteiger partial charge in [-0.05, 0) is 39.0 Å². The second-order valence-electron chi connectivity index (χ2n) is 5.95. The van der Waals surface area contributed by atoms with Crippen molar-refractivity contribution in [3.63, 3.8) is 0 Å². The zero-order valence-corrected chi connectivity index (χ0v) is 14.4. The summed E-state index contributed by atoms with van der Waals surface area (Å²) in [6.07, 6.45) is 1.67. The predicted octanol–water partition coefficient (Wildman–Crippen LogP) is 3.82. The number of halogens is 3. The van der Waals surface area contributed by atoms with Crippen molar-refractivity contribution in [3.8, 4) is 5.75 Å². The largest absolute Gasteiger partial charge is 0.495 e. The summed E-state index contributed by atoms with van der Waals surface area (Å²) in [4.78, 5) is 16.9. The standard InChI is InChI=1S/C18H19F3N2O2/c1-11-5-6-13(18(19,20)21)9-12(2)23-16(24)17(11,3)14-7-8-22-10-15(14)25-4/h5-10H,1-4H3,(H,23,24)/b11-5+,12-9+,13-6+. The monoisotopic (exact) mass is 352 g/mol. The number of aromatic nitrogens is 1. The van der Waals surface area contributed by atoms with Crippen molar-refractivity contribution in [1.82, 2.24) is 10.3 Å². The third kappa shape index (κ3) is 3.60. The molecule has 0 bridgehead atoms. The van der Waals surface area contributed by atoms with Crippen molar-refractivity contribution in [1.29, 1.82) is 0 Å². The number of pyridine rings is 1. The molecular weight excluding hydrogens is 333 g/mol. The minimum absolute atomic E-state index is 0.107. The van der Waals surface area contributed by atoms with Gasteiger partial charge >= 0.3 is 6.18 Å². The molecule has 4 nitrogen and oxygen atoms in total. The molecule has 0 aliphatic carbocycles. The van der Waals surface area contributed by atoms with Crippen LogP contribution in [0.15, 0.2) is 53.5 Å². The molecule has 0 aromatic carbocycles. The van der Waals surface area contributed by atoms with Gasteiger partial charge in [-0.15, -0.1) is 0 Å². The average molecular weight is 352 g/mol. The summed E-state index contributed by atoms with van der Waals surface area (Å²) in [7, 11) is 1.45. The lowest BCUT2D eigenvalue weighted by Gasteiger charge is -2.31. The van der Waals surface area contributed by atoms with Crippen LogP contribution in [0.1, 0.15) is 26.3 Å². The number of carbonyl (C=O) groups excluding carboxylic acids is 1. The van der Waals surface area contributed by atoms with Crippen LogP contribution in [0.25, 0.3) is 0 Å². The van der Waals surface area contributed by atoms with Crippen molar-refractivity contribution >= 4 is 5.91 Å². The fraction of sp³-hybridized carbons (Fsp3) is 0.333. The van der Waals surface area contributed by atoms with Gasteiger partial charge in [0.05, 0.1) is 24.3 Å². The third-order valence-corrected chi connectivity index (χ3v) is 4.31. The lowest BCUT2D eigenvalue weighted by atomic mass is 9.75. The molecule has 1 aromatic rings. The minimum atomic E-state index is -4.52. The van der Waals surface area contributed by atoms with Gasteiger partial charge in [-0.1, -0.05) is 11.6 Å². The molecule has 1 atom stereocenters. The molecule has 1 aliphatic heterocycles.